The van der Waals surface area contributed by atoms with Gasteiger partial charge in [-0.05, 0) is 27.8 Å². The Balaban J connectivity index is 1.55. The summed E-state index contributed by atoms with van der Waals surface area (Å²) in [5.41, 5.74) is -2.95. The predicted octanol–water partition coefficient (Wildman–Crippen LogP) is 4.05. The third kappa shape index (κ3) is 6.34. The molecule has 10 nitrogen and oxygen atoms in total. The Kier molecular flexibility index (Phi) is 8.69. The Bertz CT molecular complexity index is 1540. The number of rotatable bonds is 6. The minimum Gasteiger partial charge on any atom is -0.372 e. The maximum atomic E-state index is 16.4. The standard InChI is InChI=1S/C29H33F4N7O3/c1-15-12-39(6-5-38(15)4)22-8-21(30)24(18-9-35-29(36-10-18)40-13-16(2)43-17(3)14-40)25(31)26(22)37-28(42)20-11-34-23(41)7-19(20)27(32)33/h7-11,15-17,27H,5-6,12-14H2,1-4H3,(H,34,41)(H,37,42)/t15-,16+,17+/m0/s1. The van der Waals surface area contributed by atoms with E-state index >= 15 is 8.78 Å². The monoisotopic (exact) mass is 603 g/mol. The number of nitrogens with zero attached hydrogens (tertiary/aromatic N) is 5. The molecule has 1 aromatic carbocycles. The molecule has 0 radical (unpaired) electrons. The van der Waals surface area contributed by atoms with E-state index in [4.69, 9.17) is 4.74 Å². The average molecular weight is 604 g/mol. The molecular weight excluding hydrogens is 570 g/mol. The molecular formula is C29H33F4N7O3. The van der Waals surface area contributed by atoms with Crippen molar-refractivity contribution in [1.29, 1.82) is 0 Å². The smallest absolute Gasteiger partial charge is 0.264 e. The van der Waals surface area contributed by atoms with Gasteiger partial charge >= 0.3 is 0 Å². The fraction of sp³-hybridized carbons (Fsp3) is 0.448. The van der Waals surface area contributed by atoms with Crippen molar-refractivity contribution < 1.29 is 27.1 Å². The van der Waals surface area contributed by atoms with E-state index in [0.29, 0.717) is 44.7 Å². The van der Waals surface area contributed by atoms with Gasteiger partial charge in [-0.15, -0.1) is 0 Å². The van der Waals surface area contributed by atoms with E-state index in [2.05, 4.69) is 25.2 Å². The second kappa shape index (κ2) is 12.3. The quantitative estimate of drug-likeness (QED) is 0.407. The summed E-state index contributed by atoms with van der Waals surface area (Å²) in [7, 11) is 1.93. The van der Waals surface area contributed by atoms with Crippen LogP contribution >= 0.6 is 0 Å². The highest BCUT2D eigenvalue weighted by Gasteiger charge is 2.30. The third-order valence-electron chi connectivity index (χ3n) is 7.80. The Hall–Kier alpha value is -4.04. The number of hydrogen-bond donors (Lipinski definition) is 2. The Labute approximate surface area is 245 Å². The Morgan fingerprint density at radius 3 is 2.35 bits per heavy atom. The van der Waals surface area contributed by atoms with Crippen LogP contribution in [-0.2, 0) is 4.74 Å². The number of carbonyl (C=O) groups excluding carboxylic acids is 1. The lowest BCUT2D eigenvalue weighted by Crippen LogP contribution is -2.50. The summed E-state index contributed by atoms with van der Waals surface area (Å²) >= 11 is 0. The molecule has 0 unspecified atom stereocenters. The van der Waals surface area contributed by atoms with E-state index < -0.39 is 46.2 Å². The fourth-order valence-electron chi connectivity index (χ4n) is 5.51. The zero-order valence-corrected chi connectivity index (χ0v) is 24.2. The summed E-state index contributed by atoms with van der Waals surface area (Å²) in [6.07, 6.45) is 0.210. The van der Waals surface area contributed by atoms with E-state index in [-0.39, 0.29) is 35.2 Å². The summed E-state index contributed by atoms with van der Waals surface area (Å²) in [5.74, 6) is -2.73. The Morgan fingerprint density at radius 1 is 1.05 bits per heavy atom. The van der Waals surface area contributed by atoms with Crippen molar-refractivity contribution in [1.82, 2.24) is 19.9 Å². The normalized spacial score (nSPS) is 21.4. The molecule has 5 rings (SSSR count). The maximum Gasteiger partial charge on any atom is 0.264 e. The Morgan fingerprint density at radius 2 is 1.72 bits per heavy atom. The molecule has 4 heterocycles. The number of halogens is 4. The number of H-pyrrole nitrogens is 1. The largest absolute Gasteiger partial charge is 0.372 e. The van der Waals surface area contributed by atoms with Gasteiger partial charge < -0.3 is 29.7 Å². The van der Waals surface area contributed by atoms with E-state index in [0.717, 1.165) is 12.3 Å². The number of alkyl halides is 2. The highest BCUT2D eigenvalue weighted by molar-refractivity contribution is 6.07. The minimum absolute atomic E-state index is 0.0270. The van der Waals surface area contributed by atoms with Crippen LogP contribution in [0.5, 0.6) is 0 Å². The number of morpholine rings is 1. The third-order valence-corrected chi connectivity index (χ3v) is 7.80. The van der Waals surface area contributed by atoms with Gasteiger partial charge in [-0.3, -0.25) is 9.59 Å². The molecule has 0 bridgehead atoms. The number of ether oxygens (including phenoxy) is 1. The van der Waals surface area contributed by atoms with E-state index in [9.17, 15) is 18.4 Å². The molecule has 2 fully saturated rings. The molecule has 43 heavy (non-hydrogen) atoms. The number of hydrogen-bond acceptors (Lipinski definition) is 8. The van der Waals surface area contributed by atoms with Crippen LogP contribution in [0.15, 0.2) is 35.5 Å². The van der Waals surface area contributed by atoms with Gasteiger partial charge in [0.15, 0.2) is 5.82 Å². The number of nitrogens with one attached hydrogen (secondary N) is 2. The van der Waals surface area contributed by atoms with Crippen molar-refractivity contribution in [2.75, 3.05) is 54.9 Å². The molecule has 2 aliphatic rings. The number of likely N-dealkylation sites (N-methyl/N-ethyl adjacent to an activating group) is 1. The number of pyridine rings is 1. The van der Waals surface area contributed by atoms with Crippen LogP contribution in [0.25, 0.3) is 11.1 Å². The molecule has 3 aromatic rings. The molecule has 2 saturated heterocycles. The van der Waals surface area contributed by atoms with Crippen molar-refractivity contribution in [3.63, 3.8) is 0 Å². The van der Waals surface area contributed by atoms with Crippen molar-refractivity contribution in [2.24, 2.45) is 0 Å². The van der Waals surface area contributed by atoms with Gasteiger partial charge in [0.1, 0.15) is 11.5 Å². The summed E-state index contributed by atoms with van der Waals surface area (Å²) < 4.78 is 65.2. The SMILES string of the molecule is C[C@@H]1CN(c2ncc(-c3c(F)cc(N4CCN(C)[C@@H](C)C4)c(NC(=O)c4c[nH]c(=O)cc4C(F)F)c3F)cn2)C[C@@H](C)O1. The molecule has 230 valence electrons. The van der Waals surface area contributed by atoms with Gasteiger partial charge in [0, 0.05) is 80.6 Å². The van der Waals surface area contributed by atoms with Gasteiger partial charge in [0.25, 0.3) is 12.3 Å². The highest BCUT2D eigenvalue weighted by Crippen LogP contribution is 2.39. The second-order valence-corrected chi connectivity index (χ2v) is 11.1. The number of amides is 1. The number of anilines is 3. The first-order chi connectivity index (χ1) is 20.4. The summed E-state index contributed by atoms with van der Waals surface area (Å²) in [6.45, 7) is 8.29. The fourth-order valence-corrected chi connectivity index (χ4v) is 5.51. The molecule has 1 amide bonds. The average Bonchev–Trinajstić information content (AvgIpc) is 2.95. The van der Waals surface area contributed by atoms with Crippen LogP contribution in [0.1, 0.15) is 43.1 Å². The van der Waals surface area contributed by atoms with Crippen molar-refractivity contribution >= 4 is 23.2 Å². The van der Waals surface area contributed by atoms with Crippen LogP contribution in [0.4, 0.5) is 34.9 Å². The summed E-state index contributed by atoms with van der Waals surface area (Å²) in [4.78, 5) is 41.5. The second-order valence-electron chi connectivity index (χ2n) is 11.1. The zero-order valence-electron chi connectivity index (χ0n) is 24.2. The van der Waals surface area contributed by atoms with Crippen LogP contribution in [0.3, 0.4) is 0 Å². The lowest BCUT2D eigenvalue weighted by Gasteiger charge is -2.39. The van der Waals surface area contributed by atoms with Gasteiger partial charge in [0.05, 0.1) is 29.0 Å². The van der Waals surface area contributed by atoms with Crippen LogP contribution < -0.4 is 20.7 Å². The summed E-state index contributed by atoms with van der Waals surface area (Å²) in [5, 5.41) is 2.39. The first-order valence-electron chi connectivity index (χ1n) is 13.9. The van der Waals surface area contributed by atoms with Crippen LogP contribution in [-0.4, -0.2) is 83.8 Å². The van der Waals surface area contributed by atoms with E-state index in [1.807, 2.05) is 32.7 Å². The van der Waals surface area contributed by atoms with Crippen LogP contribution in [0.2, 0.25) is 0 Å². The lowest BCUT2D eigenvalue weighted by molar-refractivity contribution is -0.00572. The number of piperazine rings is 1. The lowest BCUT2D eigenvalue weighted by atomic mass is 10.0. The molecule has 14 heteroatoms. The first-order valence-corrected chi connectivity index (χ1v) is 13.9. The molecule has 0 aliphatic carbocycles. The highest BCUT2D eigenvalue weighted by atomic mass is 19.3. The van der Waals surface area contributed by atoms with Gasteiger partial charge in [-0.1, -0.05) is 0 Å². The number of aromatic nitrogens is 3. The number of benzene rings is 1. The molecule has 2 aliphatic heterocycles. The van der Waals surface area contributed by atoms with Crippen molar-refractivity contribution in [2.45, 2.75) is 45.4 Å². The molecule has 0 spiro atoms. The first kappa shape index (κ1) is 30.4. The molecule has 0 saturated carbocycles. The maximum absolute atomic E-state index is 16.4. The molecule has 2 aromatic heterocycles. The number of aromatic amines is 1. The van der Waals surface area contributed by atoms with Crippen molar-refractivity contribution in [3.8, 4) is 11.1 Å². The van der Waals surface area contributed by atoms with E-state index in [1.165, 1.54) is 12.4 Å². The van der Waals surface area contributed by atoms with Crippen molar-refractivity contribution in [3.05, 3.63) is 63.8 Å². The van der Waals surface area contributed by atoms with Gasteiger partial charge in [0.2, 0.25) is 11.5 Å². The minimum atomic E-state index is -3.14. The van der Waals surface area contributed by atoms with Crippen LogP contribution in [0, 0.1) is 11.6 Å². The molecule has 2 N–H and O–H groups in total. The zero-order chi connectivity index (χ0) is 31.0. The van der Waals surface area contributed by atoms with E-state index in [1.54, 1.807) is 4.90 Å². The molecule has 3 atom stereocenters. The topological polar surface area (TPSA) is 107 Å². The van der Waals surface area contributed by atoms with Gasteiger partial charge in [-0.2, -0.15) is 0 Å². The number of carbonyl (C=O) groups is 1. The summed E-state index contributed by atoms with van der Waals surface area (Å²) in [6, 6.07) is 1.76. The predicted molar refractivity (Wildman–Crippen MR) is 154 cm³/mol. The van der Waals surface area contributed by atoms with Gasteiger partial charge in [-0.25, -0.2) is 27.5 Å².